The quantitative estimate of drug-likeness (QED) is 0.607. The van der Waals surface area contributed by atoms with Gasteiger partial charge in [0.05, 0.1) is 6.04 Å². The molecule has 8 heteroatoms. The summed E-state index contributed by atoms with van der Waals surface area (Å²) in [6.45, 7) is 2.88. The van der Waals surface area contributed by atoms with Crippen molar-refractivity contribution in [3.8, 4) is 0 Å². The number of carbonyl (C=O) groups is 1. The van der Waals surface area contributed by atoms with Crippen molar-refractivity contribution in [2.45, 2.75) is 44.6 Å². The monoisotopic (exact) mass is 440 g/mol. The first-order chi connectivity index (χ1) is 15.3. The third-order valence-electron chi connectivity index (χ3n) is 6.31. The Labute approximate surface area is 183 Å². The highest BCUT2D eigenvalue weighted by atomic mass is 19.4. The lowest BCUT2D eigenvalue weighted by Crippen LogP contribution is -2.37. The Morgan fingerprint density at radius 1 is 1.09 bits per heavy atom. The summed E-state index contributed by atoms with van der Waals surface area (Å²) in [6.07, 6.45) is -3.95. The van der Waals surface area contributed by atoms with E-state index in [1.165, 1.54) is 11.6 Å². The number of aryl methyl sites for hydroxylation is 1. The molecule has 1 amide bonds. The number of nitrogens with one attached hydrogen (secondary N) is 1. The van der Waals surface area contributed by atoms with E-state index < -0.39 is 18.3 Å². The minimum atomic E-state index is -4.48. The summed E-state index contributed by atoms with van der Waals surface area (Å²) in [5, 5.41) is 7.27. The maximum Gasteiger partial charge on any atom is 0.410 e. The van der Waals surface area contributed by atoms with E-state index in [0.29, 0.717) is 19.5 Å². The highest BCUT2D eigenvalue weighted by Crippen LogP contribution is 2.43. The van der Waals surface area contributed by atoms with Crippen LogP contribution < -0.4 is 5.32 Å². The molecule has 0 radical (unpaired) electrons. The van der Waals surface area contributed by atoms with Crippen LogP contribution in [0.3, 0.4) is 0 Å². The summed E-state index contributed by atoms with van der Waals surface area (Å²) in [5.41, 5.74) is 4.10. The van der Waals surface area contributed by atoms with Gasteiger partial charge in [0.25, 0.3) is 5.91 Å². The molecule has 2 aliphatic heterocycles. The summed E-state index contributed by atoms with van der Waals surface area (Å²) in [5.74, 6) is -0.138. The zero-order chi connectivity index (χ0) is 22.5. The average molecular weight is 440 g/mol. The number of fused-ring (bicyclic) bond motifs is 2. The molecule has 32 heavy (non-hydrogen) atoms. The van der Waals surface area contributed by atoms with Gasteiger partial charge in [-0.2, -0.15) is 18.3 Å². The third kappa shape index (κ3) is 3.74. The number of nitrogens with zero attached hydrogens (tertiary/aromatic N) is 3. The van der Waals surface area contributed by atoms with Gasteiger partial charge in [0.1, 0.15) is 5.82 Å². The Hall–Kier alpha value is -3.29. The molecule has 2 aliphatic rings. The number of amides is 1. The molecule has 5 nitrogen and oxygen atoms in total. The standard InChI is InChI=1S/C24H23F3N4O/c1-15-6-8-17(9-7-15)19-12-21(24(25,26)27)31-22(28-19)13-20(29-31)23(32)30-11-10-16-4-2-3-5-18(16)14-30/h2-9,13,19,21,28H,10-12,14H2,1H3. The predicted molar refractivity (Wildman–Crippen MR) is 114 cm³/mol. The first-order valence-corrected chi connectivity index (χ1v) is 10.6. The Balaban J connectivity index is 1.44. The van der Waals surface area contributed by atoms with Crippen molar-refractivity contribution < 1.29 is 18.0 Å². The van der Waals surface area contributed by atoms with Gasteiger partial charge in [0.2, 0.25) is 0 Å². The van der Waals surface area contributed by atoms with Crippen molar-refractivity contribution in [3.63, 3.8) is 0 Å². The molecule has 0 aliphatic carbocycles. The SMILES string of the molecule is Cc1ccc(C2CC(C(F)(F)F)n3nc(C(=O)N4CCc5ccccc5C4)cc3N2)cc1. The molecule has 0 spiro atoms. The van der Waals surface area contributed by atoms with Crippen LogP contribution >= 0.6 is 0 Å². The van der Waals surface area contributed by atoms with Crippen LogP contribution in [0.5, 0.6) is 0 Å². The van der Waals surface area contributed by atoms with E-state index in [2.05, 4.69) is 10.4 Å². The topological polar surface area (TPSA) is 50.2 Å². The summed E-state index contributed by atoms with van der Waals surface area (Å²) in [7, 11) is 0. The molecule has 0 fully saturated rings. The van der Waals surface area contributed by atoms with Crippen LogP contribution in [-0.2, 0) is 13.0 Å². The second-order valence-electron chi connectivity index (χ2n) is 8.51. The van der Waals surface area contributed by atoms with Gasteiger partial charge in [-0.25, -0.2) is 4.68 Å². The van der Waals surface area contributed by atoms with Gasteiger partial charge in [-0.1, -0.05) is 54.1 Å². The van der Waals surface area contributed by atoms with Gasteiger partial charge < -0.3 is 10.2 Å². The molecule has 0 saturated carbocycles. The van der Waals surface area contributed by atoms with Crippen molar-refractivity contribution in [1.29, 1.82) is 0 Å². The van der Waals surface area contributed by atoms with E-state index in [1.54, 1.807) is 4.90 Å². The molecular weight excluding hydrogens is 417 g/mol. The van der Waals surface area contributed by atoms with Crippen molar-refractivity contribution >= 4 is 11.7 Å². The largest absolute Gasteiger partial charge is 0.410 e. The van der Waals surface area contributed by atoms with Gasteiger partial charge in [-0.05, 0) is 30.0 Å². The maximum absolute atomic E-state index is 13.9. The average Bonchev–Trinajstić information content (AvgIpc) is 3.21. The molecule has 3 heterocycles. The number of halogens is 3. The normalized spacial score (nSPS) is 20.3. The zero-order valence-electron chi connectivity index (χ0n) is 17.6. The fourth-order valence-corrected chi connectivity index (χ4v) is 4.53. The van der Waals surface area contributed by atoms with Crippen molar-refractivity contribution in [1.82, 2.24) is 14.7 Å². The highest BCUT2D eigenvalue weighted by Gasteiger charge is 2.47. The van der Waals surface area contributed by atoms with E-state index >= 15 is 0 Å². The van der Waals surface area contributed by atoms with Crippen LogP contribution in [0.15, 0.2) is 54.6 Å². The molecule has 0 saturated heterocycles. The Morgan fingerprint density at radius 3 is 2.53 bits per heavy atom. The summed E-state index contributed by atoms with van der Waals surface area (Å²) in [6, 6.07) is 14.5. The van der Waals surface area contributed by atoms with E-state index in [-0.39, 0.29) is 23.8 Å². The second kappa shape index (κ2) is 7.69. The van der Waals surface area contributed by atoms with E-state index in [4.69, 9.17) is 0 Å². The highest BCUT2D eigenvalue weighted by molar-refractivity contribution is 5.93. The zero-order valence-corrected chi connectivity index (χ0v) is 17.6. The second-order valence-corrected chi connectivity index (χ2v) is 8.51. The van der Waals surface area contributed by atoms with Crippen LogP contribution in [0.4, 0.5) is 19.0 Å². The number of hydrogen-bond acceptors (Lipinski definition) is 3. The van der Waals surface area contributed by atoms with E-state index in [0.717, 1.165) is 21.4 Å². The summed E-state index contributed by atoms with van der Waals surface area (Å²) >= 11 is 0. The van der Waals surface area contributed by atoms with Gasteiger partial charge in [0.15, 0.2) is 11.7 Å². The van der Waals surface area contributed by atoms with Crippen LogP contribution in [-0.4, -0.2) is 33.3 Å². The Morgan fingerprint density at radius 2 is 1.81 bits per heavy atom. The van der Waals surface area contributed by atoms with Gasteiger partial charge in [-0.3, -0.25) is 4.79 Å². The molecule has 5 rings (SSSR count). The Kier molecular flexibility index (Phi) is 4.95. The fraction of sp³-hybridized carbons (Fsp3) is 0.333. The van der Waals surface area contributed by atoms with Crippen molar-refractivity contribution in [2.75, 3.05) is 11.9 Å². The number of hydrogen-bond donors (Lipinski definition) is 1. The molecule has 2 unspecified atom stereocenters. The van der Waals surface area contributed by atoms with Crippen LogP contribution in [0.25, 0.3) is 0 Å². The van der Waals surface area contributed by atoms with Crippen LogP contribution in [0.2, 0.25) is 0 Å². The van der Waals surface area contributed by atoms with Crippen LogP contribution in [0, 0.1) is 6.92 Å². The molecule has 1 N–H and O–H groups in total. The number of anilines is 1. The first-order valence-electron chi connectivity index (χ1n) is 10.6. The Bertz CT molecular complexity index is 1150. The maximum atomic E-state index is 13.9. The molecule has 2 atom stereocenters. The lowest BCUT2D eigenvalue weighted by Gasteiger charge is -2.33. The molecule has 1 aromatic heterocycles. The number of carbonyl (C=O) groups excluding carboxylic acids is 1. The minimum Gasteiger partial charge on any atom is -0.363 e. The lowest BCUT2D eigenvalue weighted by atomic mass is 9.96. The molecule has 3 aromatic rings. The fourth-order valence-electron chi connectivity index (χ4n) is 4.53. The van der Waals surface area contributed by atoms with Gasteiger partial charge >= 0.3 is 6.18 Å². The van der Waals surface area contributed by atoms with Crippen LogP contribution in [0.1, 0.15) is 51.2 Å². The summed E-state index contributed by atoms with van der Waals surface area (Å²) < 4.78 is 42.7. The van der Waals surface area contributed by atoms with Gasteiger partial charge in [-0.15, -0.1) is 0 Å². The predicted octanol–water partition coefficient (Wildman–Crippen LogP) is 5.05. The number of benzene rings is 2. The lowest BCUT2D eigenvalue weighted by molar-refractivity contribution is -0.173. The molecule has 0 bridgehead atoms. The molecule has 166 valence electrons. The molecular formula is C24H23F3N4O. The number of rotatable bonds is 2. The number of alkyl halides is 3. The van der Waals surface area contributed by atoms with Crippen molar-refractivity contribution in [2.24, 2.45) is 0 Å². The van der Waals surface area contributed by atoms with Crippen molar-refractivity contribution in [3.05, 3.63) is 82.5 Å². The smallest absolute Gasteiger partial charge is 0.363 e. The minimum absolute atomic E-state index is 0.0330. The van der Waals surface area contributed by atoms with E-state index in [9.17, 15) is 18.0 Å². The first kappa shape index (κ1) is 20.6. The van der Waals surface area contributed by atoms with Gasteiger partial charge in [0, 0.05) is 25.6 Å². The third-order valence-corrected chi connectivity index (χ3v) is 6.31. The van der Waals surface area contributed by atoms with E-state index in [1.807, 2.05) is 55.5 Å². The molecule has 2 aromatic carbocycles. The number of aromatic nitrogens is 2. The summed E-state index contributed by atoms with van der Waals surface area (Å²) in [4.78, 5) is 14.8.